The van der Waals surface area contributed by atoms with Crippen molar-refractivity contribution in [1.29, 1.82) is 0 Å². The van der Waals surface area contributed by atoms with Crippen LogP contribution in [0.15, 0.2) is 52.1 Å². The minimum Gasteiger partial charge on any atom is -0.467 e. The van der Waals surface area contributed by atoms with Gasteiger partial charge in [0.2, 0.25) is 5.91 Å². The zero-order valence-corrected chi connectivity index (χ0v) is 14.5. The van der Waals surface area contributed by atoms with Crippen molar-refractivity contribution in [2.24, 2.45) is 4.99 Å². The van der Waals surface area contributed by atoms with E-state index < -0.39 is 0 Å². The topological polar surface area (TPSA) is 69.9 Å². The number of aryl methyl sites for hydroxylation is 1. The molecule has 1 aliphatic rings. The van der Waals surface area contributed by atoms with Crippen LogP contribution in [0, 0.1) is 0 Å². The fourth-order valence-electron chi connectivity index (χ4n) is 2.95. The molecule has 1 aliphatic heterocycles. The van der Waals surface area contributed by atoms with Gasteiger partial charge in [-0.15, -0.1) is 0 Å². The van der Waals surface area contributed by atoms with Crippen molar-refractivity contribution < 1.29 is 9.21 Å². The summed E-state index contributed by atoms with van der Waals surface area (Å²) >= 11 is 0. The number of benzene rings is 1. The molecule has 3 rings (SSSR count). The summed E-state index contributed by atoms with van der Waals surface area (Å²) in [5, 5.41) is 6.32. The highest BCUT2D eigenvalue weighted by Crippen LogP contribution is 2.26. The molecule has 132 valence electrons. The number of aliphatic imine (C=N–C) groups is 1. The molecule has 0 aliphatic carbocycles. The van der Waals surface area contributed by atoms with Crippen LogP contribution in [0.3, 0.4) is 0 Å². The molecule has 0 fully saturated rings. The minimum absolute atomic E-state index is 0.0161. The van der Waals surface area contributed by atoms with Gasteiger partial charge < -0.3 is 20.0 Å². The molecule has 0 unspecified atom stereocenters. The van der Waals surface area contributed by atoms with Crippen molar-refractivity contribution in [3.63, 3.8) is 0 Å². The highest BCUT2D eigenvalue weighted by molar-refractivity contribution is 5.97. The average Bonchev–Trinajstić information content (AvgIpc) is 3.17. The normalized spacial score (nSPS) is 14.1. The molecule has 0 saturated heterocycles. The maximum Gasteiger partial charge on any atom is 0.248 e. The van der Waals surface area contributed by atoms with Crippen LogP contribution >= 0.6 is 0 Å². The number of guanidine groups is 1. The third-order valence-corrected chi connectivity index (χ3v) is 4.14. The van der Waals surface area contributed by atoms with Gasteiger partial charge in [0, 0.05) is 18.8 Å². The van der Waals surface area contributed by atoms with E-state index >= 15 is 0 Å². The Bertz CT molecular complexity index is 725. The van der Waals surface area contributed by atoms with Crippen LogP contribution in [0.5, 0.6) is 0 Å². The van der Waals surface area contributed by atoms with Crippen molar-refractivity contribution in [3.8, 4) is 0 Å². The van der Waals surface area contributed by atoms with Crippen molar-refractivity contribution in [2.75, 3.05) is 24.5 Å². The first-order chi connectivity index (χ1) is 12.3. The summed E-state index contributed by atoms with van der Waals surface area (Å²) in [5.41, 5.74) is 2.25. The van der Waals surface area contributed by atoms with Gasteiger partial charge in [-0.1, -0.05) is 18.2 Å². The van der Waals surface area contributed by atoms with Crippen molar-refractivity contribution >= 4 is 17.6 Å². The van der Waals surface area contributed by atoms with E-state index in [-0.39, 0.29) is 12.5 Å². The van der Waals surface area contributed by atoms with Gasteiger partial charge in [0.1, 0.15) is 12.3 Å². The number of amides is 1. The van der Waals surface area contributed by atoms with E-state index in [4.69, 9.17) is 4.42 Å². The van der Waals surface area contributed by atoms with Crippen LogP contribution in [-0.2, 0) is 17.8 Å². The van der Waals surface area contributed by atoms with Crippen LogP contribution in [0.4, 0.5) is 5.69 Å². The number of furan rings is 1. The van der Waals surface area contributed by atoms with Gasteiger partial charge in [0.25, 0.3) is 0 Å². The van der Waals surface area contributed by atoms with E-state index in [0.29, 0.717) is 12.5 Å². The number of fused-ring (bicyclic) bond motifs is 1. The number of rotatable bonds is 5. The second-order valence-corrected chi connectivity index (χ2v) is 5.91. The number of carbonyl (C=O) groups excluding carboxylic acids is 1. The lowest BCUT2D eigenvalue weighted by molar-refractivity contribution is -0.117. The third-order valence-electron chi connectivity index (χ3n) is 4.14. The molecule has 2 heterocycles. The largest absolute Gasteiger partial charge is 0.467 e. The summed E-state index contributed by atoms with van der Waals surface area (Å²) in [6, 6.07) is 11.8. The molecule has 6 heteroatoms. The quantitative estimate of drug-likeness (QED) is 0.647. The molecular formula is C19H24N4O2. The lowest BCUT2D eigenvalue weighted by atomic mass is 10.0. The monoisotopic (exact) mass is 340 g/mol. The zero-order valence-electron chi connectivity index (χ0n) is 14.5. The van der Waals surface area contributed by atoms with Gasteiger partial charge in [0.15, 0.2) is 5.96 Å². The van der Waals surface area contributed by atoms with Crippen LogP contribution in [-0.4, -0.2) is 31.5 Å². The maximum absolute atomic E-state index is 12.6. The number of hydrogen-bond donors (Lipinski definition) is 2. The lowest BCUT2D eigenvalue weighted by Crippen LogP contribution is -2.40. The Labute approximate surface area is 147 Å². The molecule has 1 amide bonds. The molecule has 0 bridgehead atoms. The SMILES string of the molecule is CCNC(=NCC(=O)N1CCCc2ccccc21)NCc1ccco1. The second-order valence-electron chi connectivity index (χ2n) is 5.91. The smallest absolute Gasteiger partial charge is 0.248 e. The third kappa shape index (κ3) is 4.41. The summed E-state index contributed by atoms with van der Waals surface area (Å²) < 4.78 is 5.30. The molecule has 2 aromatic rings. The Balaban J connectivity index is 1.63. The lowest BCUT2D eigenvalue weighted by Gasteiger charge is -2.29. The van der Waals surface area contributed by atoms with Crippen molar-refractivity contribution in [3.05, 3.63) is 54.0 Å². The van der Waals surface area contributed by atoms with Crippen molar-refractivity contribution in [1.82, 2.24) is 10.6 Å². The molecule has 1 aromatic carbocycles. The Morgan fingerprint density at radius 2 is 2.12 bits per heavy atom. The van der Waals surface area contributed by atoms with E-state index in [1.54, 1.807) is 6.26 Å². The fraction of sp³-hybridized carbons (Fsp3) is 0.368. The highest BCUT2D eigenvalue weighted by atomic mass is 16.3. The molecule has 0 radical (unpaired) electrons. The summed E-state index contributed by atoms with van der Waals surface area (Å²) in [7, 11) is 0. The maximum atomic E-state index is 12.6. The molecule has 2 N–H and O–H groups in total. The van der Waals surface area contributed by atoms with E-state index in [1.807, 2.05) is 42.2 Å². The first-order valence-corrected chi connectivity index (χ1v) is 8.70. The van der Waals surface area contributed by atoms with E-state index in [0.717, 1.165) is 37.4 Å². The molecule has 1 aromatic heterocycles. The predicted octanol–water partition coefficient (Wildman–Crippen LogP) is 2.31. The van der Waals surface area contributed by atoms with E-state index in [2.05, 4.69) is 21.7 Å². The summed E-state index contributed by atoms with van der Waals surface area (Å²) in [4.78, 5) is 18.9. The Kier molecular flexibility index (Phi) is 5.72. The first kappa shape index (κ1) is 17.1. The molecule has 0 spiro atoms. The molecule has 6 nitrogen and oxygen atoms in total. The standard InChI is InChI=1S/C19H24N4O2/c1-2-20-19(21-13-16-9-6-12-25-16)22-14-18(24)23-11-5-8-15-7-3-4-10-17(15)23/h3-4,6-7,9-10,12H,2,5,8,11,13-14H2,1H3,(H2,20,21,22). The summed E-state index contributed by atoms with van der Waals surface area (Å²) in [6.07, 6.45) is 3.65. The minimum atomic E-state index is 0.0161. The second kappa shape index (κ2) is 8.37. The Morgan fingerprint density at radius 3 is 2.92 bits per heavy atom. The van der Waals surface area contributed by atoms with Crippen LogP contribution in [0.1, 0.15) is 24.7 Å². The van der Waals surface area contributed by atoms with Crippen molar-refractivity contribution in [2.45, 2.75) is 26.3 Å². The van der Waals surface area contributed by atoms with Crippen LogP contribution in [0.25, 0.3) is 0 Å². The molecular weight excluding hydrogens is 316 g/mol. The molecule has 0 atom stereocenters. The van der Waals surface area contributed by atoms with Gasteiger partial charge in [-0.3, -0.25) is 4.79 Å². The summed E-state index contributed by atoms with van der Waals surface area (Å²) in [6.45, 7) is 4.11. The van der Waals surface area contributed by atoms with Gasteiger partial charge in [-0.05, 0) is 43.5 Å². The van der Waals surface area contributed by atoms with Gasteiger partial charge in [0.05, 0.1) is 12.8 Å². The van der Waals surface area contributed by atoms with Gasteiger partial charge >= 0.3 is 0 Å². The number of carbonyl (C=O) groups is 1. The Hall–Kier alpha value is -2.76. The van der Waals surface area contributed by atoms with Crippen LogP contribution < -0.4 is 15.5 Å². The average molecular weight is 340 g/mol. The van der Waals surface area contributed by atoms with Gasteiger partial charge in [-0.25, -0.2) is 4.99 Å². The van der Waals surface area contributed by atoms with E-state index in [9.17, 15) is 4.79 Å². The zero-order chi connectivity index (χ0) is 17.5. The molecule has 0 saturated carbocycles. The molecule has 25 heavy (non-hydrogen) atoms. The Morgan fingerprint density at radius 1 is 1.24 bits per heavy atom. The highest BCUT2D eigenvalue weighted by Gasteiger charge is 2.21. The number of para-hydroxylation sites is 1. The van der Waals surface area contributed by atoms with Crippen LogP contribution in [0.2, 0.25) is 0 Å². The van der Waals surface area contributed by atoms with Gasteiger partial charge in [-0.2, -0.15) is 0 Å². The number of nitrogens with one attached hydrogen (secondary N) is 2. The predicted molar refractivity (Wildman–Crippen MR) is 98.6 cm³/mol. The number of anilines is 1. The number of hydrogen-bond acceptors (Lipinski definition) is 3. The number of nitrogens with zero attached hydrogens (tertiary/aromatic N) is 2. The van der Waals surface area contributed by atoms with E-state index in [1.165, 1.54) is 5.56 Å². The fourth-order valence-corrected chi connectivity index (χ4v) is 2.95. The summed E-state index contributed by atoms with van der Waals surface area (Å²) in [5.74, 6) is 1.45. The first-order valence-electron chi connectivity index (χ1n) is 8.70.